The molecule has 0 saturated carbocycles. The van der Waals surface area contributed by atoms with Crippen LogP contribution in [0.4, 0.5) is 5.69 Å². The fourth-order valence-corrected chi connectivity index (χ4v) is 3.16. The summed E-state index contributed by atoms with van der Waals surface area (Å²) in [7, 11) is 0. The highest BCUT2D eigenvalue weighted by atomic mass is 35.5. The first-order valence-electron chi connectivity index (χ1n) is 7.13. The average molecular weight is 281 g/mol. The van der Waals surface area contributed by atoms with E-state index in [-0.39, 0.29) is 0 Å². The molecule has 1 fully saturated rings. The molecule has 1 aliphatic heterocycles. The Morgan fingerprint density at radius 3 is 2.42 bits per heavy atom. The van der Waals surface area contributed by atoms with Gasteiger partial charge in [-0.1, -0.05) is 38.4 Å². The smallest absolute Gasteiger partial charge is 0.0471 e. The SMILES string of the molecule is CC(C)(C)C1CCN(Cc2c(N)cccc2Cl)CC1. The first kappa shape index (κ1) is 14.7. The lowest BCUT2D eigenvalue weighted by Crippen LogP contribution is -2.37. The van der Waals surface area contributed by atoms with Crippen molar-refractivity contribution in [3.8, 4) is 0 Å². The second-order valence-electron chi connectivity index (χ2n) is 6.72. The van der Waals surface area contributed by atoms with Crippen LogP contribution in [0.1, 0.15) is 39.2 Å². The summed E-state index contributed by atoms with van der Waals surface area (Å²) in [6.45, 7) is 10.2. The van der Waals surface area contributed by atoms with E-state index in [1.165, 1.54) is 12.8 Å². The van der Waals surface area contributed by atoms with Crippen molar-refractivity contribution in [2.75, 3.05) is 18.8 Å². The molecule has 2 N–H and O–H groups in total. The number of hydrogen-bond acceptors (Lipinski definition) is 2. The van der Waals surface area contributed by atoms with Crippen LogP contribution < -0.4 is 5.73 Å². The van der Waals surface area contributed by atoms with Gasteiger partial charge in [-0.15, -0.1) is 0 Å². The van der Waals surface area contributed by atoms with E-state index < -0.39 is 0 Å². The Bertz CT molecular complexity index is 409. The molecule has 2 rings (SSSR count). The summed E-state index contributed by atoms with van der Waals surface area (Å²) in [4.78, 5) is 2.47. The minimum Gasteiger partial charge on any atom is -0.398 e. The summed E-state index contributed by atoms with van der Waals surface area (Å²) in [6, 6.07) is 5.77. The molecule has 3 heteroatoms. The van der Waals surface area contributed by atoms with Crippen molar-refractivity contribution in [1.82, 2.24) is 4.90 Å². The van der Waals surface area contributed by atoms with Gasteiger partial charge >= 0.3 is 0 Å². The number of likely N-dealkylation sites (tertiary alicyclic amines) is 1. The molecule has 106 valence electrons. The summed E-state index contributed by atoms with van der Waals surface area (Å²) in [5.74, 6) is 0.826. The minimum atomic E-state index is 0.426. The molecule has 1 aromatic carbocycles. The largest absolute Gasteiger partial charge is 0.398 e. The van der Waals surface area contributed by atoms with Crippen LogP contribution in [0.3, 0.4) is 0 Å². The number of rotatable bonds is 2. The lowest BCUT2D eigenvalue weighted by atomic mass is 9.75. The maximum Gasteiger partial charge on any atom is 0.0471 e. The molecule has 1 aliphatic rings. The summed E-state index contributed by atoms with van der Waals surface area (Å²) < 4.78 is 0. The number of halogens is 1. The van der Waals surface area contributed by atoms with Gasteiger partial charge in [0.1, 0.15) is 0 Å². The predicted molar refractivity (Wildman–Crippen MR) is 83.3 cm³/mol. The second kappa shape index (κ2) is 5.72. The lowest BCUT2D eigenvalue weighted by Gasteiger charge is -2.39. The maximum atomic E-state index is 6.24. The third kappa shape index (κ3) is 3.64. The van der Waals surface area contributed by atoms with E-state index in [9.17, 15) is 0 Å². The van der Waals surface area contributed by atoms with Gasteiger partial charge in [0.25, 0.3) is 0 Å². The fourth-order valence-electron chi connectivity index (χ4n) is 2.92. The number of nitrogen functional groups attached to an aromatic ring is 1. The zero-order chi connectivity index (χ0) is 14.0. The van der Waals surface area contributed by atoms with Gasteiger partial charge in [0.05, 0.1) is 0 Å². The molecule has 0 atom stereocenters. The van der Waals surface area contributed by atoms with Crippen LogP contribution in [0.15, 0.2) is 18.2 Å². The number of piperidine rings is 1. The summed E-state index contributed by atoms with van der Waals surface area (Å²) >= 11 is 6.24. The van der Waals surface area contributed by atoms with Crippen LogP contribution >= 0.6 is 11.6 Å². The zero-order valence-corrected chi connectivity index (χ0v) is 13.0. The summed E-state index contributed by atoms with van der Waals surface area (Å²) in [5.41, 5.74) is 8.34. The quantitative estimate of drug-likeness (QED) is 0.824. The first-order valence-corrected chi connectivity index (χ1v) is 7.51. The Labute approximate surface area is 121 Å². The van der Waals surface area contributed by atoms with Crippen LogP contribution in [0.25, 0.3) is 0 Å². The number of benzene rings is 1. The summed E-state index contributed by atoms with van der Waals surface area (Å²) in [6.07, 6.45) is 2.54. The van der Waals surface area contributed by atoms with E-state index in [1.54, 1.807) is 0 Å². The standard InChI is InChI=1S/C16H25ClN2/c1-16(2,3)12-7-9-19(10-8-12)11-13-14(17)5-4-6-15(13)18/h4-6,12H,7-11,18H2,1-3H3. The highest BCUT2D eigenvalue weighted by Gasteiger charge is 2.28. The minimum absolute atomic E-state index is 0.426. The van der Waals surface area contributed by atoms with Crippen molar-refractivity contribution >= 4 is 17.3 Å². The molecule has 0 unspecified atom stereocenters. The molecule has 0 radical (unpaired) electrons. The van der Waals surface area contributed by atoms with Gasteiger partial charge in [0.15, 0.2) is 0 Å². The molecule has 1 aromatic rings. The van der Waals surface area contributed by atoms with Crippen LogP contribution in [0, 0.1) is 11.3 Å². The molecule has 0 spiro atoms. The third-order valence-electron chi connectivity index (χ3n) is 4.35. The number of nitrogens with two attached hydrogens (primary N) is 1. The third-order valence-corrected chi connectivity index (χ3v) is 4.70. The Kier molecular flexibility index (Phi) is 4.42. The fraction of sp³-hybridized carbons (Fsp3) is 0.625. The van der Waals surface area contributed by atoms with E-state index >= 15 is 0 Å². The summed E-state index contributed by atoms with van der Waals surface area (Å²) in [5, 5.41) is 0.790. The molecule has 0 bridgehead atoms. The Balaban J connectivity index is 1.96. The topological polar surface area (TPSA) is 29.3 Å². The van der Waals surface area contributed by atoms with Crippen LogP contribution in [0.2, 0.25) is 5.02 Å². The first-order chi connectivity index (χ1) is 8.88. The number of hydrogen-bond donors (Lipinski definition) is 1. The van der Waals surface area contributed by atoms with Gasteiger partial charge in [-0.05, 0) is 49.4 Å². The van der Waals surface area contributed by atoms with Crippen molar-refractivity contribution in [3.63, 3.8) is 0 Å². The number of nitrogens with zero attached hydrogens (tertiary/aromatic N) is 1. The van der Waals surface area contributed by atoms with E-state index in [2.05, 4.69) is 25.7 Å². The van der Waals surface area contributed by atoms with Gasteiger partial charge in [0, 0.05) is 22.8 Å². The number of anilines is 1. The molecule has 0 aliphatic carbocycles. The van der Waals surface area contributed by atoms with Crippen LogP contribution in [-0.4, -0.2) is 18.0 Å². The van der Waals surface area contributed by atoms with E-state index in [4.69, 9.17) is 17.3 Å². The Morgan fingerprint density at radius 2 is 1.89 bits per heavy atom. The van der Waals surface area contributed by atoms with E-state index in [1.807, 2.05) is 18.2 Å². The van der Waals surface area contributed by atoms with Gasteiger partial charge in [-0.2, -0.15) is 0 Å². The van der Waals surface area contributed by atoms with Crippen molar-refractivity contribution in [3.05, 3.63) is 28.8 Å². The molecular formula is C16H25ClN2. The monoisotopic (exact) mass is 280 g/mol. The zero-order valence-electron chi connectivity index (χ0n) is 12.2. The van der Waals surface area contributed by atoms with Crippen molar-refractivity contribution in [2.45, 2.75) is 40.2 Å². The predicted octanol–water partition coefficient (Wildman–Crippen LogP) is 4.18. The molecule has 0 amide bonds. The molecule has 1 saturated heterocycles. The molecule has 0 aromatic heterocycles. The van der Waals surface area contributed by atoms with Crippen LogP contribution in [-0.2, 0) is 6.54 Å². The van der Waals surface area contributed by atoms with E-state index in [0.717, 1.165) is 41.8 Å². The van der Waals surface area contributed by atoms with E-state index in [0.29, 0.717) is 5.41 Å². The highest BCUT2D eigenvalue weighted by Crippen LogP contribution is 2.35. The van der Waals surface area contributed by atoms with Crippen LogP contribution in [0.5, 0.6) is 0 Å². The van der Waals surface area contributed by atoms with Gasteiger partial charge in [-0.3, -0.25) is 4.90 Å². The Morgan fingerprint density at radius 1 is 1.26 bits per heavy atom. The Hall–Kier alpha value is -0.730. The highest BCUT2D eigenvalue weighted by molar-refractivity contribution is 6.31. The normalized spacial score (nSPS) is 18.7. The van der Waals surface area contributed by atoms with Gasteiger partial charge in [0.2, 0.25) is 0 Å². The molecular weight excluding hydrogens is 256 g/mol. The molecule has 19 heavy (non-hydrogen) atoms. The van der Waals surface area contributed by atoms with Crippen molar-refractivity contribution in [2.24, 2.45) is 11.3 Å². The maximum absolute atomic E-state index is 6.24. The molecule has 2 nitrogen and oxygen atoms in total. The van der Waals surface area contributed by atoms with Gasteiger partial charge < -0.3 is 5.73 Å². The van der Waals surface area contributed by atoms with Crippen molar-refractivity contribution < 1.29 is 0 Å². The van der Waals surface area contributed by atoms with Crippen molar-refractivity contribution in [1.29, 1.82) is 0 Å². The molecule has 1 heterocycles. The second-order valence-corrected chi connectivity index (χ2v) is 7.13. The lowest BCUT2D eigenvalue weighted by molar-refractivity contribution is 0.108. The average Bonchev–Trinajstić information content (AvgIpc) is 2.33. The van der Waals surface area contributed by atoms with Gasteiger partial charge in [-0.25, -0.2) is 0 Å².